The fourth-order valence-electron chi connectivity index (χ4n) is 1.69. The van der Waals surface area contributed by atoms with Gasteiger partial charge in [-0.1, -0.05) is 49.2 Å². The number of benzene rings is 1. The third-order valence-corrected chi connectivity index (χ3v) is 3.46. The molecule has 0 radical (unpaired) electrons. The summed E-state index contributed by atoms with van der Waals surface area (Å²) < 4.78 is 0. The zero-order valence-corrected chi connectivity index (χ0v) is 11.8. The fourth-order valence-corrected chi connectivity index (χ4v) is 2.08. The first-order valence-corrected chi connectivity index (χ1v) is 6.55. The molecule has 0 amide bonds. The number of halogens is 2. The van der Waals surface area contributed by atoms with Crippen molar-refractivity contribution in [3.63, 3.8) is 0 Å². The highest BCUT2D eigenvalue weighted by molar-refractivity contribution is 6.43. The Morgan fingerprint density at radius 1 is 1.33 bits per heavy atom. The number of aromatic nitrogens is 2. The molecule has 2 N–H and O–H groups in total. The first-order chi connectivity index (χ1) is 8.59. The highest BCUT2D eigenvalue weighted by atomic mass is 35.5. The molecule has 0 saturated heterocycles. The molecule has 3 nitrogen and oxygen atoms in total. The number of aromatic amines is 1. The van der Waals surface area contributed by atoms with Gasteiger partial charge in [-0.15, -0.1) is 0 Å². The van der Waals surface area contributed by atoms with E-state index >= 15 is 0 Å². The molecule has 2 rings (SSSR count). The van der Waals surface area contributed by atoms with Crippen LogP contribution >= 0.6 is 23.2 Å². The van der Waals surface area contributed by atoms with Crippen LogP contribution in [0, 0.1) is 0 Å². The Hall–Kier alpha value is -1.03. The summed E-state index contributed by atoms with van der Waals surface area (Å²) in [5, 5.41) is 11.5. The molecular formula is C13H15Cl2N3. The van der Waals surface area contributed by atoms with Gasteiger partial charge >= 0.3 is 0 Å². The van der Waals surface area contributed by atoms with Crippen LogP contribution in [0.3, 0.4) is 0 Å². The summed E-state index contributed by atoms with van der Waals surface area (Å²) in [6.07, 6.45) is 1.81. The Bertz CT molecular complexity index is 535. The van der Waals surface area contributed by atoms with Gasteiger partial charge in [0.25, 0.3) is 0 Å². The average molecular weight is 284 g/mol. The Morgan fingerprint density at radius 3 is 2.83 bits per heavy atom. The van der Waals surface area contributed by atoms with Crippen LogP contribution in [0.25, 0.3) is 11.3 Å². The Labute approximate surface area is 117 Å². The number of hydrogen-bond acceptors (Lipinski definition) is 2. The SMILES string of the molecule is CC(C)NCc1cn[nH]c1-c1cccc(Cl)c1Cl. The van der Waals surface area contributed by atoms with Crippen molar-refractivity contribution in [2.45, 2.75) is 26.4 Å². The molecule has 0 aliphatic carbocycles. The van der Waals surface area contributed by atoms with E-state index < -0.39 is 0 Å². The van der Waals surface area contributed by atoms with E-state index in [9.17, 15) is 0 Å². The molecule has 0 saturated carbocycles. The van der Waals surface area contributed by atoms with E-state index in [4.69, 9.17) is 23.2 Å². The van der Waals surface area contributed by atoms with Crippen molar-refractivity contribution in [1.82, 2.24) is 15.5 Å². The summed E-state index contributed by atoms with van der Waals surface area (Å²) in [7, 11) is 0. The van der Waals surface area contributed by atoms with Gasteiger partial charge < -0.3 is 5.32 Å². The van der Waals surface area contributed by atoms with Crippen LogP contribution in [0.2, 0.25) is 10.0 Å². The number of H-pyrrole nitrogens is 1. The minimum absolute atomic E-state index is 0.419. The lowest BCUT2D eigenvalue weighted by atomic mass is 10.1. The monoisotopic (exact) mass is 283 g/mol. The van der Waals surface area contributed by atoms with Crippen molar-refractivity contribution in [2.24, 2.45) is 0 Å². The topological polar surface area (TPSA) is 40.7 Å². The van der Waals surface area contributed by atoms with Gasteiger partial charge in [0.2, 0.25) is 0 Å². The number of hydrogen-bond donors (Lipinski definition) is 2. The fraction of sp³-hybridized carbons (Fsp3) is 0.308. The molecule has 2 aromatic rings. The minimum Gasteiger partial charge on any atom is -0.310 e. The van der Waals surface area contributed by atoms with E-state index in [-0.39, 0.29) is 0 Å². The van der Waals surface area contributed by atoms with Crippen LogP contribution in [0.4, 0.5) is 0 Å². The predicted octanol–water partition coefficient (Wildman–Crippen LogP) is 3.88. The average Bonchev–Trinajstić information content (AvgIpc) is 2.78. The summed E-state index contributed by atoms with van der Waals surface area (Å²) >= 11 is 12.2. The lowest BCUT2D eigenvalue weighted by Crippen LogP contribution is -2.21. The largest absolute Gasteiger partial charge is 0.310 e. The lowest BCUT2D eigenvalue weighted by molar-refractivity contribution is 0.589. The Kier molecular flexibility index (Phi) is 4.27. The Morgan fingerprint density at radius 2 is 2.11 bits per heavy atom. The van der Waals surface area contributed by atoms with Crippen LogP contribution in [0.5, 0.6) is 0 Å². The van der Waals surface area contributed by atoms with E-state index in [1.54, 1.807) is 6.07 Å². The second kappa shape index (κ2) is 5.74. The maximum atomic E-state index is 6.22. The van der Waals surface area contributed by atoms with Gasteiger partial charge in [-0.2, -0.15) is 5.10 Å². The van der Waals surface area contributed by atoms with E-state index in [2.05, 4.69) is 29.4 Å². The molecule has 18 heavy (non-hydrogen) atoms. The second-order valence-corrected chi connectivity index (χ2v) is 5.19. The predicted molar refractivity (Wildman–Crippen MR) is 76.0 cm³/mol. The summed E-state index contributed by atoms with van der Waals surface area (Å²) in [5.74, 6) is 0. The summed E-state index contributed by atoms with van der Waals surface area (Å²) in [5.41, 5.74) is 2.87. The summed E-state index contributed by atoms with van der Waals surface area (Å²) in [6, 6.07) is 6.00. The van der Waals surface area contributed by atoms with Crippen molar-refractivity contribution in [3.8, 4) is 11.3 Å². The third-order valence-electron chi connectivity index (χ3n) is 2.64. The molecule has 0 unspecified atom stereocenters. The minimum atomic E-state index is 0.419. The van der Waals surface area contributed by atoms with Gasteiger partial charge in [0, 0.05) is 23.7 Å². The Balaban J connectivity index is 2.33. The van der Waals surface area contributed by atoms with E-state index in [1.165, 1.54) is 0 Å². The van der Waals surface area contributed by atoms with Crippen LogP contribution in [-0.2, 0) is 6.54 Å². The first kappa shape index (κ1) is 13.4. The first-order valence-electron chi connectivity index (χ1n) is 5.79. The van der Waals surface area contributed by atoms with Gasteiger partial charge in [0.15, 0.2) is 0 Å². The number of rotatable bonds is 4. The summed E-state index contributed by atoms with van der Waals surface area (Å²) in [4.78, 5) is 0. The zero-order chi connectivity index (χ0) is 13.1. The van der Waals surface area contributed by atoms with Crippen LogP contribution in [-0.4, -0.2) is 16.2 Å². The molecule has 1 heterocycles. The molecule has 96 valence electrons. The molecule has 1 aromatic heterocycles. The van der Waals surface area contributed by atoms with Crippen LogP contribution < -0.4 is 5.32 Å². The molecule has 0 atom stereocenters. The van der Waals surface area contributed by atoms with Crippen molar-refractivity contribution < 1.29 is 0 Å². The quantitative estimate of drug-likeness (QED) is 0.894. The van der Waals surface area contributed by atoms with E-state index in [0.29, 0.717) is 16.1 Å². The molecule has 0 aliphatic rings. The standard InChI is InChI=1S/C13H15Cl2N3/c1-8(2)16-6-9-7-17-18-13(9)10-4-3-5-11(14)12(10)15/h3-5,7-8,16H,6H2,1-2H3,(H,17,18). The molecule has 0 bridgehead atoms. The van der Waals surface area contributed by atoms with Crippen molar-refractivity contribution in [3.05, 3.63) is 40.0 Å². The van der Waals surface area contributed by atoms with Gasteiger partial charge in [-0.3, -0.25) is 5.10 Å². The highest BCUT2D eigenvalue weighted by Crippen LogP contribution is 2.33. The molecule has 0 fully saturated rings. The maximum Gasteiger partial charge on any atom is 0.0710 e. The van der Waals surface area contributed by atoms with Crippen molar-refractivity contribution in [2.75, 3.05) is 0 Å². The molecule has 5 heteroatoms. The van der Waals surface area contributed by atoms with E-state index in [1.807, 2.05) is 18.3 Å². The molecule has 0 spiro atoms. The normalized spacial score (nSPS) is 11.2. The van der Waals surface area contributed by atoms with Gasteiger partial charge in [0.1, 0.15) is 0 Å². The molecule has 0 aliphatic heterocycles. The van der Waals surface area contributed by atoms with E-state index in [0.717, 1.165) is 23.4 Å². The van der Waals surface area contributed by atoms with Gasteiger partial charge in [-0.05, 0) is 6.07 Å². The molecule has 1 aromatic carbocycles. The lowest BCUT2D eigenvalue weighted by Gasteiger charge is -2.09. The van der Waals surface area contributed by atoms with Crippen molar-refractivity contribution in [1.29, 1.82) is 0 Å². The second-order valence-electron chi connectivity index (χ2n) is 4.41. The van der Waals surface area contributed by atoms with Gasteiger partial charge in [0.05, 0.1) is 21.9 Å². The number of nitrogens with one attached hydrogen (secondary N) is 2. The van der Waals surface area contributed by atoms with Gasteiger partial charge in [-0.25, -0.2) is 0 Å². The number of nitrogens with zero attached hydrogens (tertiary/aromatic N) is 1. The maximum absolute atomic E-state index is 6.22. The van der Waals surface area contributed by atoms with Crippen LogP contribution in [0.15, 0.2) is 24.4 Å². The smallest absolute Gasteiger partial charge is 0.0710 e. The highest BCUT2D eigenvalue weighted by Gasteiger charge is 2.12. The summed E-state index contributed by atoms with van der Waals surface area (Å²) in [6.45, 7) is 4.95. The van der Waals surface area contributed by atoms with Crippen molar-refractivity contribution >= 4 is 23.2 Å². The third kappa shape index (κ3) is 2.86. The zero-order valence-electron chi connectivity index (χ0n) is 10.3. The molecular weight excluding hydrogens is 269 g/mol. The van der Waals surface area contributed by atoms with Crippen LogP contribution in [0.1, 0.15) is 19.4 Å².